The minimum Gasteiger partial charge on any atom is -0.371 e. The van der Waals surface area contributed by atoms with Gasteiger partial charge < -0.3 is 4.90 Å². The number of anilines is 1. The van der Waals surface area contributed by atoms with Crippen LogP contribution in [0.3, 0.4) is 0 Å². The van der Waals surface area contributed by atoms with Crippen molar-refractivity contribution < 1.29 is 18.0 Å². The van der Waals surface area contributed by atoms with E-state index in [2.05, 4.69) is 0 Å². The maximum Gasteiger partial charge on any atom is 0.416 e. The number of rotatable bonds is 5. The number of benzene rings is 1. The quantitative estimate of drug-likeness (QED) is 0.744. The highest BCUT2D eigenvalue weighted by Crippen LogP contribution is 2.34. The van der Waals surface area contributed by atoms with Gasteiger partial charge in [-0.3, -0.25) is 4.79 Å². The number of hydrogen-bond donors (Lipinski definition) is 0. The molecule has 1 saturated carbocycles. The van der Waals surface area contributed by atoms with Crippen LogP contribution in [0.2, 0.25) is 0 Å². The first-order valence-electron chi connectivity index (χ1n) is 7.37. The molecule has 0 N–H and O–H groups in total. The summed E-state index contributed by atoms with van der Waals surface area (Å²) in [5, 5.41) is 0. The normalized spacial score (nSPS) is 16.2. The molecule has 0 amide bonds. The molecule has 2 nitrogen and oxygen atoms in total. The molecule has 0 aromatic heterocycles. The van der Waals surface area contributed by atoms with Crippen LogP contribution in [0.5, 0.6) is 0 Å². The molecule has 116 valence electrons. The number of halogens is 3. The molecule has 0 spiro atoms. The molecule has 1 aromatic carbocycles. The molecule has 5 heteroatoms. The summed E-state index contributed by atoms with van der Waals surface area (Å²) in [7, 11) is 0. The first-order chi connectivity index (χ1) is 9.95. The fourth-order valence-corrected chi connectivity index (χ4v) is 3.00. The standard InChI is InChI=1S/C16H20F3NO/c1-2-20(10-12-5-3-4-6-12)15-9-14(16(17,18)19)8-7-13(15)11-21/h7-9,11-12H,2-6,10H2,1H3. The van der Waals surface area contributed by atoms with Crippen molar-refractivity contribution in [3.05, 3.63) is 29.3 Å². The number of hydrogen-bond acceptors (Lipinski definition) is 2. The monoisotopic (exact) mass is 299 g/mol. The molecule has 0 radical (unpaired) electrons. The highest BCUT2D eigenvalue weighted by Gasteiger charge is 2.31. The summed E-state index contributed by atoms with van der Waals surface area (Å²) >= 11 is 0. The van der Waals surface area contributed by atoms with Gasteiger partial charge in [0.2, 0.25) is 0 Å². The third-order valence-electron chi connectivity index (χ3n) is 4.16. The fraction of sp³-hybridized carbons (Fsp3) is 0.562. The number of alkyl halides is 3. The summed E-state index contributed by atoms with van der Waals surface area (Å²) in [4.78, 5) is 13.0. The van der Waals surface area contributed by atoms with Gasteiger partial charge in [0.15, 0.2) is 6.29 Å². The summed E-state index contributed by atoms with van der Waals surface area (Å²) < 4.78 is 38.6. The summed E-state index contributed by atoms with van der Waals surface area (Å²) in [5.74, 6) is 0.513. The summed E-state index contributed by atoms with van der Waals surface area (Å²) in [6.45, 7) is 3.22. The predicted octanol–water partition coefficient (Wildman–Crippen LogP) is 4.53. The topological polar surface area (TPSA) is 20.3 Å². The van der Waals surface area contributed by atoms with E-state index < -0.39 is 11.7 Å². The van der Waals surface area contributed by atoms with Crippen LogP contribution in [-0.4, -0.2) is 19.4 Å². The largest absolute Gasteiger partial charge is 0.416 e. The van der Waals surface area contributed by atoms with Crippen molar-refractivity contribution in [1.82, 2.24) is 0 Å². The maximum absolute atomic E-state index is 12.9. The molecule has 0 unspecified atom stereocenters. The first-order valence-corrected chi connectivity index (χ1v) is 7.37. The summed E-state index contributed by atoms with van der Waals surface area (Å²) in [5.41, 5.74) is 0.0186. The number of aldehydes is 1. The lowest BCUT2D eigenvalue weighted by molar-refractivity contribution is -0.137. The third-order valence-corrected chi connectivity index (χ3v) is 4.16. The SMILES string of the molecule is CCN(CC1CCCC1)c1cc(C(F)(F)F)ccc1C=O. The van der Waals surface area contributed by atoms with Crippen LogP contribution in [0.1, 0.15) is 48.5 Å². The van der Waals surface area contributed by atoms with Gasteiger partial charge in [0.1, 0.15) is 0 Å². The van der Waals surface area contributed by atoms with E-state index in [1.807, 2.05) is 11.8 Å². The Morgan fingerprint density at radius 2 is 1.95 bits per heavy atom. The van der Waals surface area contributed by atoms with Gasteiger partial charge in [-0.05, 0) is 43.9 Å². The summed E-state index contributed by atoms with van der Waals surface area (Å²) in [6, 6.07) is 3.33. The van der Waals surface area contributed by atoms with Crippen molar-refractivity contribution in [2.45, 2.75) is 38.8 Å². The molecule has 0 atom stereocenters. The molecule has 1 aliphatic rings. The molecule has 21 heavy (non-hydrogen) atoms. The van der Waals surface area contributed by atoms with Gasteiger partial charge in [0.25, 0.3) is 0 Å². The lowest BCUT2D eigenvalue weighted by atomic mass is 10.0. The van der Waals surface area contributed by atoms with E-state index in [9.17, 15) is 18.0 Å². The van der Waals surface area contributed by atoms with Crippen LogP contribution in [0.25, 0.3) is 0 Å². The maximum atomic E-state index is 12.9. The highest BCUT2D eigenvalue weighted by molar-refractivity contribution is 5.85. The van der Waals surface area contributed by atoms with Gasteiger partial charge in [-0.15, -0.1) is 0 Å². The van der Waals surface area contributed by atoms with Crippen molar-refractivity contribution >= 4 is 12.0 Å². The lowest BCUT2D eigenvalue weighted by Crippen LogP contribution is -2.29. The third kappa shape index (κ3) is 3.77. The Labute approximate surface area is 122 Å². The Bertz CT molecular complexity index is 493. The van der Waals surface area contributed by atoms with Crippen molar-refractivity contribution in [2.75, 3.05) is 18.0 Å². The van der Waals surface area contributed by atoms with Gasteiger partial charge in [0.05, 0.1) is 5.56 Å². The van der Waals surface area contributed by atoms with Crippen LogP contribution in [0.4, 0.5) is 18.9 Å². The van der Waals surface area contributed by atoms with Gasteiger partial charge in [0, 0.05) is 24.3 Å². The Kier molecular flexibility index (Phi) is 4.91. The van der Waals surface area contributed by atoms with Crippen LogP contribution >= 0.6 is 0 Å². The average Bonchev–Trinajstić information content (AvgIpc) is 2.96. The summed E-state index contributed by atoms with van der Waals surface area (Å²) in [6.07, 6.45) is 0.851. The van der Waals surface area contributed by atoms with Crippen molar-refractivity contribution in [1.29, 1.82) is 0 Å². The van der Waals surface area contributed by atoms with E-state index in [0.717, 1.165) is 31.5 Å². The van der Waals surface area contributed by atoms with Crippen LogP contribution in [0.15, 0.2) is 18.2 Å². The van der Waals surface area contributed by atoms with E-state index in [-0.39, 0.29) is 0 Å². The molecular formula is C16H20F3NO. The zero-order valence-electron chi connectivity index (χ0n) is 12.1. The van der Waals surface area contributed by atoms with Crippen molar-refractivity contribution in [3.8, 4) is 0 Å². The Hall–Kier alpha value is -1.52. The molecule has 1 aliphatic carbocycles. The van der Waals surface area contributed by atoms with E-state index in [4.69, 9.17) is 0 Å². The molecule has 0 bridgehead atoms. The zero-order valence-corrected chi connectivity index (χ0v) is 12.1. The second-order valence-electron chi connectivity index (χ2n) is 5.58. The molecule has 0 heterocycles. The molecule has 1 aromatic rings. The average molecular weight is 299 g/mol. The number of carbonyl (C=O) groups is 1. The molecule has 0 aliphatic heterocycles. The van der Waals surface area contributed by atoms with E-state index >= 15 is 0 Å². The number of nitrogens with zero attached hydrogens (tertiary/aromatic N) is 1. The van der Waals surface area contributed by atoms with Crippen LogP contribution < -0.4 is 4.90 Å². The minimum atomic E-state index is -4.39. The van der Waals surface area contributed by atoms with Gasteiger partial charge in [-0.1, -0.05) is 12.8 Å². The Morgan fingerprint density at radius 1 is 1.29 bits per heavy atom. The predicted molar refractivity (Wildman–Crippen MR) is 76.7 cm³/mol. The van der Waals surface area contributed by atoms with E-state index in [1.54, 1.807) is 0 Å². The smallest absolute Gasteiger partial charge is 0.371 e. The van der Waals surface area contributed by atoms with Crippen LogP contribution in [-0.2, 0) is 6.18 Å². The second-order valence-corrected chi connectivity index (χ2v) is 5.58. The van der Waals surface area contributed by atoms with Gasteiger partial charge >= 0.3 is 6.18 Å². The molecule has 1 fully saturated rings. The van der Waals surface area contributed by atoms with E-state index in [0.29, 0.717) is 30.0 Å². The van der Waals surface area contributed by atoms with Gasteiger partial charge in [-0.25, -0.2) is 0 Å². The minimum absolute atomic E-state index is 0.322. The molecule has 0 saturated heterocycles. The lowest BCUT2D eigenvalue weighted by Gasteiger charge is -2.28. The van der Waals surface area contributed by atoms with Crippen molar-refractivity contribution in [2.24, 2.45) is 5.92 Å². The van der Waals surface area contributed by atoms with E-state index in [1.165, 1.54) is 18.9 Å². The van der Waals surface area contributed by atoms with Crippen LogP contribution in [0, 0.1) is 5.92 Å². The van der Waals surface area contributed by atoms with Gasteiger partial charge in [-0.2, -0.15) is 13.2 Å². The zero-order chi connectivity index (χ0) is 15.5. The fourth-order valence-electron chi connectivity index (χ4n) is 3.00. The number of carbonyl (C=O) groups excluding carboxylic acids is 1. The molecular weight excluding hydrogens is 279 g/mol. The Morgan fingerprint density at radius 3 is 2.48 bits per heavy atom. The second kappa shape index (κ2) is 6.50. The Balaban J connectivity index is 2.30. The first kappa shape index (κ1) is 15.9. The van der Waals surface area contributed by atoms with Crippen molar-refractivity contribution in [3.63, 3.8) is 0 Å². The highest BCUT2D eigenvalue weighted by atomic mass is 19.4. The molecule has 2 rings (SSSR count).